The first-order chi connectivity index (χ1) is 7.81. The van der Waals surface area contributed by atoms with Crippen LogP contribution in [0.5, 0.6) is 5.75 Å². The molecule has 1 aromatic rings. The highest BCUT2D eigenvalue weighted by atomic mass is 16.5. The number of hydrogen-bond acceptors (Lipinski definition) is 2. The van der Waals surface area contributed by atoms with Gasteiger partial charge in [-0.05, 0) is 25.0 Å². The third-order valence-corrected chi connectivity index (χ3v) is 3.11. The Kier molecular flexibility index (Phi) is 3.44. The van der Waals surface area contributed by atoms with Gasteiger partial charge in [-0.1, -0.05) is 25.0 Å². The number of ether oxygens (including phenoxy) is 1. The molecule has 1 aliphatic rings. The first-order valence-electron chi connectivity index (χ1n) is 5.78. The van der Waals surface area contributed by atoms with E-state index in [1.54, 1.807) is 7.11 Å². The first-order valence-corrected chi connectivity index (χ1v) is 5.78. The summed E-state index contributed by atoms with van der Waals surface area (Å²) >= 11 is 0. The summed E-state index contributed by atoms with van der Waals surface area (Å²) in [4.78, 5) is 4.48. The van der Waals surface area contributed by atoms with Gasteiger partial charge in [0.2, 0.25) is 0 Å². The van der Waals surface area contributed by atoms with Gasteiger partial charge in [0.1, 0.15) is 17.3 Å². The number of nitrogens with two attached hydrogens (primary N) is 1. The predicted molar refractivity (Wildman–Crippen MR) is 66.2 cm³/mol. The van der Waals surface area contributed by atoms with E-state index in [2.05, 4.69) is 4.99 Å². The van der Waals surface area contributed by atoms with Crippen molar-refractivity contribution in [1.29, 1.82) is 0 Å². The fraction of sp³-hybridized carbons (Fsp3) is 0.462. The van der Waals surface area contributed by atoms with Crippen LogP contribution >= 0.6 is 0 Å². The number of methoxy groups -OCH3 is 1. The maximum absolute atomic E-state index is 6.03. The summed E-state index contributed by atoms with van der Waals surface area (Å²) in [5.41, 5.74) is 6.86. The highest BCUT2D eigenvalue weighted by molar-refractivity contribution is 5.86. The Labute approximate surface area is 96.3 Å². The first kappa shape index (κ1) is 11.0. The number of amidine groups is 1. The van der Waals surface area contributed by atoms with E-state index in [0.29, 0.717) is 5.92 Å². The highest BCUT2D eigenvalue weighted by Crippen LogP contribution is 2.29. The van der Waals surface area contributed by atoms with Gasteiger partial charge in [-0.15, -0.1) is 0 Å². The van der Waals surface area contributed by atoms with E-state index in [1.807, 2.05) is 24.3 Å². The largest absolute Gasteiger partial charge is 0.494 e. The molecule has 3 nitrogen and oxygen atoms in total. The molecule has 0 radical (unpaired) electrons. The molecule has 1 fully saturated rings. The van der Waals surface area contributed by atoms with E-state index in [1.165, 1.54) is 25.7 Å². The molecule has 1 saturated carbocycles. The second-order valence-electron chi connectivity index (χ2n) is 4.19. The van der Waals surface area contributed by atoms with Gasteiger partial charge in [-0.25, -0.2) is 4.99 Å². The summed E-state index contributed by atoms with van der Waals surface area (Å²) in [6, 6.07) is 7.72. The van der Waals surface area contributed by atoms with Crippen LogP contribution in [0, 0.1) is 5.92 Å². The van der Waals surface area contributed by atoms with Crippen LogP contribution in [0.15, 0.2) is 29.3 Å². The average molecular weight is 218 g/mol. The third kappa shape index (κ3) is 2.35. The minimum atomic E-state index is 0.463. The number of para-hydroxylation sites is 2. The van der Waals surface area contributed by atoms with Crippen LogP contribution in [0.1, 0.15) is 25.7 Å². The van der Waals surface area contributed by atoms with Crippen molar-refractivity contribution in [1.82, 2.24) is 0 Å². The van der Waals surface area contributed by atoms with Gasteiger partial charge in [0.05, 0.1) is 7.11 Å². The Morgan fingerprint density at radius 1 is 1.31 bits per heavy atom. The molecule has 16 heavy (non-hydrogen) atoms. The molecule has 0 saturated heterocycles. The van der Waals surface area contributed by atoms with E-state index < -0.39 is 0 Å². The highest BCUT2D eigenvalue weighted by Gasteiger charge is 2.18. The van der Waals surface area contributed by atoms with Gasteiger partial charge in [-0.2, -0.15) is 0 Å². The number of aliphatic imine (C=N–C) groups is 1. The van der Waals surface area contributed by atoms with E-state index in [4.69, 9.17) is 10.5 Å². The summed E-state index contributed by atoms with van der Waals surface area (Å²) in [7, 11) is 1.65. The molecule has 1 aliphatic carbocycles. The van der Waals surface area contributed by atoms with Crippen molar-refractivity contribution in [2.45, 2.75) is 25.7 Å². The van der Waals surface area contributed by atoms with E-state index in [0.717, 1.165) is 17.3 Å². The van der Waals surface area contributed by atoms with Crippen LogP contribution in [0.3, 0.4) is 0 Å². The Morgan fingerprint density at radius 3 is 2.69 bits per heavy atom. The zero-order chi connectivity index (χ0) is 11.4. The summed E-state index contributed by atoms with van der Waals surface area (Å²) in [5, 5.41) is 0. The van der Waals surface area contributed by atoms with Crippen molar-refractivity contribution in [2.75, 3.05) is 7.11 Å². The Morgan fingerprint density at radius 2 is 2.00 bits per heavy atom. The molecule has 0 amide bonds. The summed E-state index contributed by atoms with van der Waals surface area (Å²) in [5.74, 6) is 2.00. The molecular weight excluding hydrogens is 200 g/mol. The molecule has 0 bridgehead atoms. The molecule has 0 atom stereocenters. The number of rotatable bonds is 3. The van der Waals surface area contributed by atoms with Crippen LogP contribution in [0.25, 0.3) is 0 Å². The lowest BCUT2D eigenvalue weighted by molar-refractivity contribution is 0.416. The average Bonchev–Trinajstić information content (AvgIpc) is 2.83. The van der Waals surface area contributed by atoms with E-state index >= 15 is 0 Å². The fourth-order valence-corrected chi connectivity index (χ4v) is 2.17. The van der Waals surface area contributed by atoms with Gasteiger partial charge in [0, 0.05) is 5.92 Å². The normalized spacial score (nSPS) is 17.7. The Hall–Kier alpha value is -1.51. The van der Waals surface area contributed by atoms with E-state index in [9.17, 15) is 0 Å². The monoisotopic (exact) mass is 218 g/mol. The molecule has 0 unspecified atom stereocenters. The van der Waals surface area contributed by atoms with Crippen molar-refractivity contribution >= 4 is 11.5 Å². The number of benzene rings is 1. The van der Waals surface area contributed by atoms with Crippen LogP contribution in [0.2, 0.25) is 0 Å². The lowest BCUT2D eigenvalue weighted by Crippen LogP contribution is -2.20. The van der Waals surface area contributed by atoms with Crippen molar-refractivity contribution in [2.24, 2.45) is 16.6 Å². The molecule has 2 rings (SSSR count). The second-order valence-corrected chi connectivity index (χ2v) is 4.19. The number of hydrogen-bond donors (Lipinski definition) is 1. The number of nitrogens with zero attached hydrogens (tertiary/aromatic N) is 1. The van der Waals surface area contributed by atoms with Crippen molar-refractivity contribution in [3.63, 3.8) is 0 Å². The molecule has 0 aliphatic heterocycles. The van der Waals surface area contributed by atoms with Gasteiger partial charge < -0.3 is 10.5 Å². The maximum atomic E-state index is 6.03. The molecule has 0 aromatic heterocycles. The van der Waals surface area contributed by atoms with E-state index in [-0.39, 0.29) is 0 Å². The predicted octanol–water partition coefficient (Wildman–Crippen LogP) is 2.87. The van der Waals surface area contributed by atoms with Gasteiger partial charge >= 0.3 is 0 Å². The van der Waals surface area contributed by atoms with Crippen LogP contribution < -0.4 is 10.5 Å². The summed E-state index contributed by atoms with van der Waals surface area (Å²) < 4.78 is 5.25. The SMILES string of the molecule is COc1ccccc1N=C(N)C1CCCC1. The maximum Gasteiger partial charge on any atom is 0.144 e. The van der Waals surface area contributed by atoms with Gasteiger partial charge in [0.25, 0.3) is 0 Å². The zero-order valence-electron chi connectivity index (χ0n) is 9.65. The van der Waals surface area contributed by atoms with Crippen LogP contribution in [-0.2, 0) is 0 Å². The lowest BCUT2D eigenvalue weighted by Gasteiger charge is -2.09. The second kappa shape index (κ2) is 5.01. The molecule has 0 spiro atoms. The van der Waals surface area contributed by atoms with Crippen molar-refractivity contribution in [3.05, 3.63) is 24.3 Å². The Bertz CT molecular complexity index is 381. The topological polar surface area (TPSA) is 47.6 Å². The molecule has 1 aromatic carbocycles. The summed E-state index contributed by atoms with van der Waals surface area (Å²) in [6.07, 6.45) is 4.88. The van der Waals surface area contributed by atoms with Crippen molar-refractivity contribution < 1.29 is 4.74 Å². The minimum Gasteiger partial charge on any atom is -0.494 e. The quantitative estimate of drug-likeness (QED) is 0.626. The Balaban J connectivity index is 2.20. The van der Waals surface area contributed by atoms with Gasteiger partial charge in [-0.3, -0.25) is 0 Å². The standard InChI is InChI=1S/C13H18N2O/c1-16-12-9-5-4-8-11(12)15-13(14)10-6-2-3-7-10/h4-5,8-10H,2-3,6-7H2,1H3,(H2,14,15). The van der Waals surface area contributed by atoms with Crippen LogP contribution in [-0.4, -0.2) is 12.9 Å². The lowest BCUT2D eigenvalue weighted by atomic mass is 10.1. The smallest absolute Gasteiger partial charge is 0.144 e. The van der Waals surface area contributed by atoms with Crippen LogP contribution in [0.4, 0.5) is 5.69 Å². The third-order valence-electron chi connectivity index (χ3n) is 3.11. The minimum absolute atomic E-state index is 0.463. The fourth-order valence-electron chi connectivity index (χ4n) is 2.17. The molecule has 0 heterocycles. The van der Waals surface area contributed by atoms with Gasteiger partial charge in [0.15, 0.2) is 0 Å². The molecular formula is C13H18N2O. The zero-order valence-corrected chi connectivity index (χ0v) is 9.65. The summed E-state index contributed by atoms with van der Waals surface area (Å²) in [6.45, 7) is 0. The molecule has 3 heteroatoms. The van der Waals surface area contributed by atoms with Crippen molar-refractivity contribution in [3.8, 4) is 5.75 Å². The molecule has 2 N–H and O–H groups in total. The molecule has 86 valence electrons.